The van der Waals surface area contributed by atoms with E-state index >= 15 is 0 Å². The maximum Gasteiger partial charge on any atom is 0.329 e. The van der Waals surface area contributed by atoms with E-state index in [1.165, 1.54) is 15.7 Å². The van der Waals surface area contributed by atoms with Crippen LogP contribution in [-0.2, 0) is 29.6 Å². The SMILES string of the molecule is Cn1c(=O)n(C2CCC(=O)NC2=O)c2ccc(CCCN3CCN(Cc4ccc(N)cc4)CC3)cc21. The van der Waals surface area contributed by atoms with Crippen molar-refractivity contribution in [2.45, 2.75) is 38.3 Å². The molecule has 36 heavy (non-hydrogen) atoms. The molecule has 0 radical (unpaired) electrons. The van der Waals surface area contributed by atoms with Crippen molar-refractivity contribution in [1.82, 2.24) is 24.3 Å². The molecule has 2 aliphatic rings. The van der Waals surface area contributed by atoms with E-state index in [1.54, 1.807) is 11.6 Å². The van der Waals surface area contributed by atoms with E-state index in [0.29, 0.717) is 6.42 Å². The first-order valence-electron chi connectivity index (χ1n) is 12.7. The Balaban J connectivity index is 1.16. The predicted molar refractivity (Wildman–Crippen MR) is 139 cm³/mol. The summed E-state index contributed by atoms with van der Waals surface area (Å²) in [6, 6.07) is 13.5. The number of hydrogen-bond acceptors (Lipinski definition) is 6. The molecule has 1 aromatic heterocycles. The van der Waals surface area contributed by atoms with Gasteiger partial charge < -0.3 is 10.6 Å². The van der Waals surface area contributed by atoms with Gasteiger partial charge >= 0.3 is 5.69 Å². The number of nitrogens with two attached hydrogens (primary N) is 1. The molecule has 3 N–H and O–H groups in total. The molecule has 1 atom stereocenters. The molecule has 3 heterocycles. The highest BCUT2D eigenvalue weighted by Gasteiger charge is 2.31. The molecule has 2 fully saturated rings. The number of piperidine rings is 1. The summed E-state index contributed by atoms with van der Waals surface area (Å²) in [6.45, 7) is 6.27. The van der Waals surface area contributed by atoms with Gasteiger partial charge in [-0.05, 0) is 61.2 Å². The lowest BCUT2D eigenvalue weighted by molar-refractivity contribution is -0.135. The van der Waals surface area contributed by atoms with E-state index in [0.717, 1.165) is 68.8 Å². The zero-order chi connectivity index (χ0) is 25.2. The summed E-state index contributed by atoms with van der Waals surface area (Å²) in [7, 11) is 1.74. The van der Waals surface area contributed by atoms with E-state index in [-0.39, 0.29) is 18.0 Å². The van der Waals surface area contributed by atoms with Gasteiger partial charge in [0.2, 0.25) is 11.8 Å². The summed E-state index contributed by atoms with van der Waals surface area (Å²) in [5, 5.41) is 2.36. The highest BCUT2D eigenvalue weighted by Crippen LogP contribution is 2.24. The third-order valence-corrected chi connectivity index (χ3v) is 7.47. The van der Waals surface area contributed by atoms with E-state index in [1.807, 2.05) is 18.2 Å². The van der Waals surface area contributed by atoms with Crippen LogP contribution in [0.4, 0.5) is 5.69 Å². The number of rotatable bonds is 7. The van der Waals surface area contributed by atoms with Gasteiger partial charge in [-0.15, -0.1) is 0 Å². The molecule has 9 heteroatoms. The maximum absolute atomic E-state index is 12.9. The molecule has 190 valence electrons. The monoisotopic (exact) mass is 490 g/mol. The number of imidazole rings is 1. The molecule has 5 rings (SSSR count). The number of hydrogen-bond donors (Lipinski definition) is 2. The Hall–Kier alpha value is -3.43. The van der Waals surface area contributed by atoms with E-state index in [2.05, 4.69) is 39.4 Å². The fourth-order valence-electron chi connectivity index (χ4n) is 5.35. The predicted octanol–water partition coefficient (Wildman–Crippen LogP) is 1.65. The van der Waals surface area contributed by atoms with E-state index < -0.39 is 11.9 Å². The maximum atomic E-state index is 12.9. The van der Waals surface area contributed by atoms with Crippen LogP contribution in [0.1, 0.15) is 36.4 Å². The van der Waals surface area contributed by atoms with Crippen molar-refractivity contribution in [2.24, 2.45) is 7.05 Å². The third kappa shape index (κ3) is 5.08. The van der Waals surface area contributed by atoms with Crippen LogP contribution in [0.15, 0.2) is 47.3 Å². The molecule has 3 aromatic rings. The lowest BCUT2D eigenvalue weighted by atomic mass is 10.0. The number of benzene rings is 2. The number of nitrogen functional groups attached to an aromatic ring is 1. The van der Waals surface area contributed by atoms with Crippen molar-refractivity contribution in [3.63, 3.8) is 0 Å². The van der Waals surface area contributed by atoms with Crippen molar-refractivity contribution in [2.75, 3.05) is 38.5 Å². The highest BCUT2D eigenvalue weighted by molar-refractivity contribution is 6.00. The molecule has 2 aromatic carbocycles. The Kier molecular flexibility index (Phi) is 6.93. The minimum Gasteiger partial charge on any atom is -0.399 e. The van der Waals surface area contributed by atoms with Gasteiger partial charge in [-0.2, -0.15) is 0 Å². The van der Waals surface area contributed by atoms with Crippen molar-refractivity contribution >= 4 is 28.5 Å². The average molecular weight is 491 g/mol. The Morgan fingerprint density at radius 1 is 0.917 bits per heavy atom. The van der Waals surface area contributed by atoms with Gasteiger partial charge in [-0.1, -0.05) is 18.2 Å². The first-order valence-corrected chi connectivity index (χ1v) is 12.7. The van der Waals surface area contributed by atoms with Crippen molar-refractivity contribution in [3.05, 3.63) is 64.1 Å². The molecule has 2 aliphatic heterocycles. The number of aromatic nitrogens is 2. The number of anilines is 1. The molecule has 0 aliphatic carbocycles. The number of imide groups is 1. The largest absolute Gasteiger partial charge is 0.399 e. The zero-order valence-electron chi connectivity index (χ0n) is 20.8. The summed E-state index contributed by atoms with van der Waals surface area (Å²) in [4.78, 5) is 41.9. The number of aryl methyl sites for hydroxylation is 2. The molecule has 9 nitrogen and oxygen atoms in total. The smallest absolute Gasteiger partial charge is 0.329 e. The van der Waals surface area contributed by atoms with Crippen LogP contribution in [-0.4, -0.2) is 63.5 Å². The number of fused-ring (bicyclic) bond motifs is 1. The fourth-order valence-corrected chi connectivity index (χ4v) is 5.35. The van der Waals surface area contributed by atoms with Gasteiger partial charge in [0.15, 0.2) is 0 Å². The molecular weight excluding hydrogens is 456 g/mol. The summed E-state index contributed by atoms with van der Waals surface area (Å²) in [5.74, 6) is -0.687. The van der Waals surface area contributed by atoms with Crippen LogP contribution in [0.2, 0.25) is 0 Å². The van der Waals surface area contributed by atoms with E-state index in [9.17, 15) is 14.4 Å². The number of piperazine rings is 1. The number of carbonyl (C=O) groups is 2. The second kappa shape index (κ2) is 10.3. The Bertz CT molecular complexity index is 1320. The van der Waals surface area contributed by atoms with Gasteiger partial charge in [-0.25, -0.2) is 4.79 Å². The van der Waals surface area contributed by atoms with Gasteiger partial charge in [-0.3, -0.25) is 28.9 Å². The summed E-state index contributed by atoms with van der Waals surface area (Å²) in [6.07, 6.45) is 2.57. The van der Waals surface area contributed by atoms with Gasteiger partial charge in [0, 0.05) is 51.9 Å². The number of carbonyl (C=O) groups excluding carboxylic acids is 2. The lowest BCUT2D eigenvalue weighted by Crippen LogP contribution is -2.46. The minimum atomic E-state index is -0.650. The molecular formula is C27H34N6O3. The summed E-state index contributed by atoms with van der Waals surface area (Å²) < 4.78 is 3.13. The van der Waals surface area contributed by atoms with Crippen molar-refractivity contribution in [3.8, 4) is 0 Å². The summed E-state index contributed by atoms with van der Waals surface area (Å²) >= 11 is 0. The van der Waals surface area contributed by atoms with Gasteiger partial charge in [0.1, 0.15) is 6.04 Å². The molecule has 2 saturated heterocycles. The normalized spacial score (nSPS) is 19.6. The number of nitrogens with one attached hydrogen (secondary N) is 1. The van der Waals surface area contributed by atoms with Crippen LogP contribution in [0.3, 0.4) is 0 Å². The molecule has 1 unspecified atom stereocenters. The fraction of sp³-hybridized carbons (Fsp3) is 0.444. The quantitative estimate of drug-likeness (QED) is 0.385. The van der Waals surface area contributed by atoms with Crippen molar-refractivity contribution < 1.29 is 9.59 Å². The number of amides is 2. The second-order valence-corrected chi connectivity index (χ2v) is 9.96. The van der Waals surface area contributed by atoms with Crippen LogP contribution in [0.25, 0.3) is 11.0 Å². The summed E-state index contributed by atoms with van der Waals surface area (Å²) in [5.41, 5.74) is 10.4. The zero-order valence-corrected chi connectivity index (χ0v) is 20.8. The van der Waals surface area contributed by atoms with Crippen LogP contribution in [0.5, 0.6) is 0 Å². The first kappa shape index (κ1) is 24.3. The average Bonchev–Trinajstić information content (AvgIpc) is 3.11. The molecule has 2 amide bonds. The Morgan fingerprint density at radius 2 is 1.61 bits per heavy atom. The van der Waals surface area contributed by atoms with E-state index in [4.69, 9.17) is 5.73 Å². The highest BCUT2D eigenvalue weighted by atomic mass is 16.2. The van der Waals surface area contributed by atoms with Crippen LogP contribution >= 0.6 is 0 Å². The number of nitrogens with zero attached hydrogens (tertiary/aromatic N) is 4. The third-order valence-electron chi connectivity index (χ3n) is 7.47. The Morgan fingerprint density at radius 3 is 2.33 bits per heavy atom. The molecule has 0 spiro atoms. The van der Waals surface area contributed by atoms with Gasteiger partial charge in [0.05, 0.1) is 11.0 Å². The molecule has 0 bridgehead atoms. The lowest BCUT2D eigenvalue weighted by Gasteiger charge is -2.34. The second-order valence-electron chi connectivity index (χ2n) is 9.96. The Labute approximate surface area is 210 Å². The van der Waals surface area contributed by atoms with Crippen LogP contribution in [0, 0.1) is 0 Å². The van der Waals surface area contributed by atoms with Gasteiger partial charge in [0.25, 0.3) is 0 Å². The van der Waals surface area contributed by atoms with Crippen LogP contribution < -0.4 is 16.7 Å². The molecule has 0 saturated carbocycles. The standard InChI is InChI=1S/C27H34N6O3/c1-30-24-17-19(6-9-22(24)33(27(30)36)23-10-11-25(34)29-26(23)35)3-2-12-31-13-15-32(16-14-31)18-20-4-7-21(28)8-5-20/h4-9,17,23H,2-3,10-16,18,28H2,1H3,(H,29,34,35). The first-order chi connectivity index (χ1) is 17.4. The van der Waals surface area contributed by atoms with Crippen molar-refractivity contribution in [1.29, 1.82) is 0 Å². The topological polar surface area (TPSA) is 106 Å². The minimum absolute atomic E-state index is 0.228.